The summed E-state index contributed by atoms with van der Waals surface area (Å²) in [7, 11) is 0. The molecule has 2 atom stereocenters. The second-order valence-corrected chi connectivity index (χ2v) is 7.82. The average Bonchev–Trinajstić information content (AvgIpc) is 2.79. The van der Waals surface area contributed by atoms with E-state index in [1.165, 1.54) is 0 Å². The quantitative estimate of drug-likeness (QED) is 0.427. The molecule has 2 nitrogen and oxygen atoms in total. The average molecular weight is 395 g/mol. The number of hydrogen-bond acceptors (Lipinski definition) is 2. The summed E-state index contributed by atoms with van der Waals surface area (Å²) in [4.78, 5) is 0. The van der Waals surface area contributed by atoms with E-state index >= 15 is 0 Å². The minimum atomic E-state index is -0.634. The number of aliphatic hydroxyl groups is 2. The number of aliphatic hydroxyl groups excluding tert-OH is 2. The highest BCUT2D eigenvalue weighted by atomic mass is 16.3. The monoisotopic (exact) mass is 394 g/mol. The van der Waals surface area contributed by atoms with Gasteiger partial charge in [-0.1, -0.05) is 103 Å². The van der Waals surface area contributed by atoms with Gasteiger partial charge >= 0.3 is 0 Å². The molecular formula is C28H26O2. The highest BCUT2D eigenvalue weighted by Gasteiger charge is 2.13. The lowest BCUT2D eigenvalue weighted by Crippen LogP contribution is -2.01. The van der Waals surface area contributed by atoms with Crippen molar-refractivity contribution < 1.29 is 10.2 Å². The van der Waals surface area contributed by atoms with Crippen LogP contribution >= 0.6 is 0 Å². The van der Waals surface area contributed by atoms with E-state index in [-0.39, 0.29) is 0 Å². The molecular weight excluding hydrogens is 368 g/mol. The van der Waals surface area contributed by atoms with Gasteiger partial charge in [0.2, 0.25) is 0 Å². The Morgan fingerprint density at radius 2 is 1.10 bits per heavy atom. The second kappa shape index (κ2) is 8.66. The van der Waals surface area contributed by atoms with Crippen molar-refractivity contribution in [1.82, 2.24) is 0 Å². The molecule has 0 amide bonds. The summed E-state index contributed by atoms with van der Waals surface area (Å²) < 4.78 is 0. The van der Waals surface area contributed by atoms with Gasteiger partial charge in [0.05, 0.1) is 0 Å². The first-order valence-corrected chi connectivity index (χ1v) is 10.2. The van der Waals surface area contributed by atoms with Crippen molar-refractivity contribution in [3.05, 3.63) is 130 Å². The number of aryl methyl sites for hydroxylation is 2. The van der Waals surface area contributed by atoms with Crippen molar-refractivity contribution in [3.63, 3.8) is 0 Å². The van der Waals surface area contributed by atoms with Crippen LogP contribution in [0.15, 0.2) is 97.1 Å². The molecule has 0 saturated carbocycles. The van der Waals surface area contributed by atoms with Crippen LogP contribution in [0, 0.1) is 13.8 Å². The summed E-state index contributed by atoms with van der Waals surface area (Å²) in [6.07, 6.45) is -1.27. The van der Waals surface area contributed by atoms with Gasteiger partial charge < -0.3 is 10.2 Å². The third-order valence-electron chi connectivity index (χ3n) is 5.63. The molecule has 150 valence electrons. The highest BCUT2D eigenvalue weighted by Crippen LogP contribution is 2.29. The molecule has 0 bridgehead atoms. The third-order valence-corrected chi connectivity index (χ3v) is 5.63. The molecule has 4 aromatic rings. The Bertz CT molecular complexity index is 1130. The zero-order valence-electron chi connectivity index (χ0n) is 17.3. The molecule has 0 spiro atoms. The van der Waals surface area contributed by atoms with Gasteiger partial charge in [-0.25, -0.2) is 0 Å². The molecule has 0 aliphatic heterocycles. The summed E-state index contributed by atoms with van der Waals surface area (Å²) in [5, 5.41) is 21.4. The zero-order chi connectivity index (χ0) is 21.1. The SMILES string of the molecule is Cc1cccc(C(O)c2ccc(-c3ccc(C(O)c4ccccc4C)cc3)cc2)c1. The summed E-state index contributed by atoms with van der Waals surface area (Å²) in [5.74, 6) is 0. The predicted molar refractivity (Wildman–Crippen MR) is 122 cm³/mol. The number of hydrogen-bond donors (Lipinski definition) is 2. The van der Waals surface area contributed by atoms with Crippen molar-refractivity contribution in [1.29, 1.82) is 0 Å². The van der Waals surface area contributed by atoms with Crippen LogP contribution < -0.4 is 0 Å². The Morgan fingerprint density at radius 3 is 1.67 bits per heavy atom. The minimum absolute atomic E-state index is 0.632. The van der Waals surface area contributed by atoms with Gasteiger partial charge in [-0.2, -0.15) is 0 Å². The topological polar surface area (TPSA) is 40.5 Å². The molecule has 0 aliphatic carbocycles. The van der Waals surface area contributed by atoms with Gasteiger partial charge in [0.1, 0.15) is 12.2 Å². The van der Waals surface area contributed by atoms with Crippen LogP contribution in [0.2, 0.25) is 0 Å². The van der Waals surface area contributed by atoms with Gasteiger partial charge in [-0.3, -0.25) is 0 Å². The molecule has 0 aromatic heterocycles. The molecule has 0 heterocycles. The summed E-state index contributed by atoms with van der Waals surface area (Å²) >= 11 is 0. The zero-order valence-corrected chi connectivity index (χ0v) is 17.3. The minimum Gasteiger partial charge on any atom is -0.384 e. The number of rotatable bonds is 5. The predicted octanol–water partition coefficient (Wildman–Crippen LogP) is 6.13. The van der Waals surface area contributed by atoms with E-state index in [4.69, 9.17) is 0 Å². The van der Waals surface area contributed by atoms with E-state index in [9.17, 15) is 10.2 Å². The Hall–Kier alpha value is -3.20. The van der Waals surface area contributed by atoms with E-state index in [2.05, 4.69) is 0 Å². The Labute approximate surface area is 178 Å². The molecule has 0 saturated heterocycles. The molecule has 0 fully saturated rings. The van der Waals surface area contributed by atoms with Gasteiger partial charge in [0, 0.05) is 0 Å². The largest absolute Gasteiger partial charge is 0.384 e. The van der Waals surface area contributed by atoms with Crippen LogP contribution in [0.1, 0.15) is 45.6 Å². The lowest BCUT2D eigenvalue weighted by atomic mass is 9.94. The number of benzene rings is 4. The first kappa shape index (κ1) is 20.1. The second-order valence-electron chi connectivity index (χ2n) is 7.82. The molecule has 4 aromatic carbocycles. The first-order valence-electron chi connectivity index (χ1n) is 10.2. The molecule has 30 heavy (non-hydrogen) atoms. The van der Waals surface area contributed by atoms with E-state index < -0.39 is 12.2 Å². The standard InChI is InChI=1S/C28H26O2/c1-19-6-5-8-25(18-19)27(29)23-14-10-21(11-15-23)22-12-16-24(17-13-22)28(30)26-9-4-3-7-20(26)2/h3-18,27-30H,1-2H3. The van der Waals surface area contributed by atoms with Crippen molar-refractivity contribution >= 4 is 0 Å². The van der Waals surface area contributed by atoms with Gasteiger partial charge in [0.25, 0.3) is 0 Å². The van der Waals surface area contributed by atoms with E-state index in [0.717, 1.165) is 44.5 Å². The lowest BCUT2D eigenvalue weighted by molar-refractivity contribution is 0.219. The Kier molecular flexibility index (Phi) is 5.80. The maximum atomic E-state index is 10.7. The van der Waals surface area contributed by atoms with Crippen molar-refractivity contribution in [2.45, 2.75) is 26.1 Å². The summed E-state index contributed by atoms with van der Waals surface area (Å²) in [6.45, 7) is 4.04. The van der Waals surface area contributed by atoms with Crippen LogP contribution in [0.25, 0.3) is 11.1 Å². The molecule has 2 unspecified atom stereocenters. The maximum absolute atomic E-state index is 10.7. The van der Waals surface area contributed by atoms with Crippen molar-refractivity contribution in [2.24, 2.45) is 0 Å². The smallest absolute Gasteiger partial charge is 0.104 e. The van der Waals surface area contributed by atoms with Crippen LogP contribution in [-0.2, 0) is 0 Å². The van der Waals surface area contributed by atoms with E-state index in [0.29, 0.717) is 0 Å². The fourth-order valence-corrected chi connectivity index (χ4v) is 3.82. The molecule has 0 aliphatic rings. The van der Waals surface area contributed by atoms with Crippen LogP contribution in [0.3, 0.4) is 0 Å². The normalized spacial score (nSPS) is 13.1. The Morgan fingerprint density at radius 1 is 0.533 bits per heavy atom. The summed E-state index contributed by atoms with van der Waals surface area (Å²) in [6, 6.07) is 31.9. The fourth-order valence-electron chi connectivity index (χ4n) is 3.82. The molecule has 4 rings (SSSR count). The van der Waals surface area contributed by atoms with E-state index in [1.807, 2.05) is 111 Å². The third kappa shape index (κ3) is 4.20. The van der Waals surface area contributed by atoms with E-state index in [1.54, 1.807) is 0 Å². The van der Waals surface area contributed by atoms with Gasteiger partial charge in [-0.05, 0) is 52.8 Å². The molecule has 2 N–H and O–H groups in total. The van der Waals surface area contributed by atoms with Crippen LogP contribution in [0.5, 0.6) is 0 Å². The van der Waals surface area contributed by atoms with Crippen molar-refractivity contribution in [2.75, 3.05) is 0 Å². The first-order chi connectivity index (χ1) is 14.5. The van der Waals surface area contributed by atoms with Gasteiger partial charge in [-0.15, -0.1) is 0 Å². The molecule has 0 radical (unpaired) electrons. The van der Waals surface area contributed by atoms with Crippen molar-refractivity contribution in [3.8, 4) is 11.1 Å². The maximum Gasteiger partial charge on any atom is 0.104 e. The van der Waals surface area contributed by atoms with Gasteiger partial charge in [0.15, 0.2) is 0 Å². The fraction of sp³-hybridized carbons (Fsp3) is 0.143. The van der Waals surface area contributed by atoms with Crippen LogP contribution in [-0.4, -0.2) is 10.2 Å². The summed E-state index contributed by atoms with van der Waals surface area (Å²) in [5.41, 5.74) is 7.94. The van der Waals surface area contributed by atoms with Crippen LogP contribution in [0.4, 0.5) is 0 Å². The Balaban J connectivity index is 1.53. The molecule has 2 heteroatoms. The lowest BCUT2D eigenvalue weighted by Gasteiger charge is -2.15. The highest BCUT2D eigenvalue weighted by molar-refractivity contribution is 5.64.